The van der Waals surface area contributed by atoms with Gasteiger partial charge in [-0.25, -0.2) is 9.18 Å². The van der Waals surface area contributed by atoms with Crippen LogP contribution in [0.2, 0.25) is 0 Å². The number of halogens is 1. The molecule has 2 aromatic carbocycles. The van der Waals surface area contributed by atoms with E-state index in [-0.39, 0.29) is 5.82 Å². The zero-order valence-corrected chi connectivity index (χ0v) is 10.5. The molecule has 0 saturated heterocycles. The molecule has 19 heavy (non-hydrogen) atoms. The Morgan fingerprint density at radius 2 is 1.89 bits per heavy atom. The first-order valence-corrected chi connectivity index (χ1v) is 5.81. The predicted octanol–water partition coefficient (Wildman–Crippen LogP) is 2.79. The van der Waals surface area contributed by atoms with E-state index in [4.69, 9.17) is 10.5 Å². The molecule has 0 saturated carbocycles. The van der Waals surface area contributed by atoms with E-state index in [2.05, 4.69) is 0 Å². The molecule has 0 aliphatic rings. The van der Waals surface area contributed by atoms with Crippen LogP contribution in [0.5, 0.6) is 0 Å². The van der Waals surface area contributed by atoms with Crippen LogP contribution in [0.4, 0.5) is 10.1 Å². The van der Waals surface area contributed by atoms with Gasteiger partial charge in [0.1, 0.15) is 5.82 Å². The molecular weight excluding hydrogens is 245 g/mol. The van der Waals surface area contributed by atoms with Crippen molar-refractivity contribution >= 4 is 11.7 Å². The van der Waals surface area contributed by atoms with E-state index in [1.165, 1.54) is 19.2 Å². The Morgan fingerprint density at radius 1 is 1.21 bits per heavy atom. The quantitative estimate of drug-likeness (QED) is 0.681. The van der Waals surface area contributed by atoms with Crippen molar-refractivity contribution in [3.8, 4) is 0 Å². The molecule has 0 amide bonds. The molecule has 98 valence electrons. The molecule has 2 aromatic rings. The second kappa shape index (κ2) is 5.52. The number of esters is 1. The molecule has 0 aliphatic heterocycles. The average molecular weight is 259 g/mol. The molecule has 2 rings (SSSR count). The van der Waals surface area contributed by atoms with E-state index < -0.39 is 5.97 Å². The maximum Gasteiger partial charge on any atom is 0.338 e. The van der Waals surface area contributed by atoms with E-state index in [1.54, 1.807) is 30.3 Å². The third kappa shape index (κ3) is 3.10. The van der Waals surface area contributed by atoms with Crippen molar-refractivity contribution in [2.24, 2.45) is 0 Å². The van der Waals surface area contributed by atoms with Crippen LogP contribution < -0.4 is 5.73 Å². The highest BCUT2D eigenvalue weighted by Gasteiger charge is 2.12. The molecule has 0 radical (unpaired) electrons. The Bertz CT molecular complexity index is 594. The standard InChI is InChI=1S/C15H14FNO2/c1-19-15(18)14-9-13(17)7-4-11(14)8-10-2-5-12(16)6-3-10/h2-7,9H,8,17H2,1H3. The van der Waals surface area contributed by atoms with Gasteiger partial charge < -0.3 is 10.5 Å². The fourth-order valence-corrected chi connectivity index (χ4v) is 1.87. The van der Waals surface area contributed by atoms with E-state index in [9.17, 15) is 9.18 Å². The molecule has 0 spiro atoms. The van der Waals surface area contributed by atoms with Gasteiger partial charge in [-0.3, -0.25) is 0 Å². The fraction of sp³-hybridized carbons (Fsp3) is 0.133. The van der Waals surface area contributed by atoms with Crippen LogP contribution in [0, 0.1) is 5.82 Å². The zero-order chi connectivity index (χ0) is 13.8. The van der Waals surface area contributed by atoms with Crippen LogP contribution in [0.3, 0.4) is 0 Å². The molecule has 3 nitrogen and oxygen atoms in total. The lowest BCUT2D eigenvalue weighted by atomic mass is 9.99. The second-order valence-corrected chi connectivity index (χ2v) is 4.21. The molecule has 0 fully saturated rings. The summed E-state index contributed by atoms with van der Waals surface area (Å²) < 4.78 is 17.6. The first kappa shape index (κ1) is 13.1. The first-order valence-electron chi connectivity index (χ1n) is 5.81. The number of rotatable bonds is 3. The second-order valence-electron chi connectivity index (χ2n) is 4.21. The fourth-order valence-electron chi connectivity index (χ4n) is 1.87. The summed E-state index contributed by atoms with van der Waals surface area (Å²) in [6.07, 6.45) is 0.519. The van der Waals surface area contributed by atoms with Crippen LogP contribution in [0.15, 0.2) is 42.5 Å². The monoisotopic (exact) mass is 259 g/mol. The van der Waals surface area contributed by atoms with Gasteiger partial charge in [-0.2, -0.15) is 0 Å². The topological polar surface area (TPSA) is 52.3 Å². The summed E-state index contributed by atoms with van der Waals surface area (Å²) in [7, 11) is 1.33. The summed E-state index contributed by atoms with van der Waals surface area (Å²) in [5, 5.41) is 0. The lowest BCUT2D eigenvalue weighted by molar-refractivity contribution is 0.0599. The van der Waals surface area contributed by atoms with Gasteiger partial charge in [0.15, 0.2) is 0 Å². The van der Waals surface area contributed by atoms with Gasteiger partial charge in [-0.05, 0) is 41.8 Å². The number of methoxy groups -OCH3 is 1. The van der Waals surface area contributed by atoms with Gasteiger partial charge in [0.2, 0.25) is 0 Å². The number of carbonyl (C=O) groups is 1. The van der Waals surface area contributed by atoms with Crippen LogP contribution in [0.25, 0.3) is 0 Å². The Hall–Kier alpha value is -2.36. The van der Waals surface area contributed by atoms with Crippen molar-refractivity contribution in [3.05, 3.63) is 65.0 Å². The van der Waals surface area contributed by atoms with Crippen molar-refractivity contribution < 1.29 is 13.9 Å². The van der Waals surface area contributed by atoms with Crippen molar-refractivity contribution in [2.75, 3.05) is 12.8 Å². The molecule has 0 heterocycles. The normalized spacial score (nSPS) is 10.2. The highest BCUT2D eigenvalue weighted by Crippen LogP contribution is 2.18. The van der Waals surface area contributed by atoms with Gasteiger partial charge in [0.25, 0.3) is 0 Å². The van der Waals surface area contributed by atoms with Crippen molar-refractivity contribution in [1.29, 1.82) is 0 Å². The molecule has 2 N–H and O–H groups in total. The van der Waals surface area contributed by atoms with Crippen LogP contribution in [-0.2, 0) is 11.2 Å². The molecule has 0 unspecified atom stereocenters. The first-order chi connectivity index (χ1) is 9.10. The maximum absolute atomic E-state index is 12.8. The largest absolute Gasteiger partial charge is 0.465 e. The van der Waals surface area contributed by atoms with Crippen LogP contribution in [-0.4, -0.2) is 13.1 Å². The van der Waals surface area contributed by atoms with Crippen LogP contribution >= 0.6 is 0 Å². The lowest BCUT2D eigenvalue weighted by Crippen LogP contribution is -2.07. The van der Waals surface area contributed by atoms with Gasteiger partial charge >= 0.3 is 5.97 Å². The number of hydrogen-bond acceptors (Lipinski definition) is 3. The predicted molar refractivity (Wildman–Crippen MR) is 71.4 cm³/mol. The Kier molecular flexibility index (Phi) is 3.80. The summed E-state index contributed by atoms with van der Waals surface area (Å²) in [5.41, 5.74) is 8.33. The third-order valence-electron chi connectivity index (χ3n) is 2.85. The van der Waals surface area contributed by atoms with E-state index in [0.717, 1.165) is 11.1 Å². The molecule has 0 bridgehead atoms. The highest BCUT2D eigenvalue weighted by atomic mass is 19.1. The summed E-state index contributed by atoms with van der Waals surface area (Å²) in [6.45, 7) is 0. The van der Waals surface area contributed by atoms with Gasteiger partial charge in [-0.15, -0.1) is 0 Å². The van der Waals surface area contributed by atoms with Crippen molar-refractivity contribution in [3.63, 3.8) is 0 Å². The minimum Gasteiger partial charge on any atom is -0.465 e. The van der Waals surface area contributed by atoms with Crippen LogP contribution in [0.1, 0.15) is 21.5 Å². The summed E-state index contributed by atoms with van der Waals surface area (Å²) in [4.78, 5) is 11.7. The third-order valence-corrected chi connectivity index (χ3v) is 2.85. The summed E-state index contributed by atoms with van der Waals surface area (Å²) in [6, 6.07) is 11.3. The number of hydrogen-bond donors (Lipinski definition) is 1. The number of nitrogen functional groups attached to an aromatic ring is 1. The molecule has 0 aliphatic carbocycles. The van der Waals surface area contributed by atoms with Crippen molar-refractivity contribution in [2.45, 2.75) is 6.42 Å². The summed E-state index contributed by atoms with van der Waals surface area (Å²) >= 11 is 0. The smallest absolute Gasteiger partial charge is 0.338 e. The Balaban J connectivity index is 2.34. The summed E-state index contributed by atoms with van der Waals surface area (Å²) in [5.74, 6) is -0.710. The number of benzene rings is 2. The molecule has 4 heteroatoms. The van der Waals surface area contributed by atoms with Gasteiger partial charge in [0.05, 0.1) is 12.7 Å². The Morgan fingerprint density at radius 3 is 2.53 bits per heavy atom. The number of anilines is 1. The van der Waals surface area contributed by atoms with E-state index in [0.29, 0.717) is 17.7 Å². The lowest BCUT2D eigenvalue weighted by Gasteiger charge is -2.09. The SMILES string of the molecule is COC(=O)c1cc(N)ccc1Cc1ccc(F)cc1. The van der Waals surface area contributed by atoms with Gasteiger partial charge in [-0.1, -0.05) is 18.2 Å². The molecular formula is C15H14FNO2. The minimum absolute atomic E-state index is 0.283. The molecule has 0 atom stereocenters. The number of carbonyl (C=O) groups excluding carboxylic acids is 1. The zero-order valence-electron chi connectivity index (χ0n) is 10.5. The number of ether oxygens (including phenoxy) is 1. The minimum atomic E-state index is -0.426. The van der Waals surface area contributed by atoms with E-state index in [1.807, 2.05) is 0 Å². The highest BCUT2D eigenvalue weighted by molar-refractivity contribution is 5.92. The molecule has 0 aromatic heterocycles. The van der Waals surface area contributed by atoms with E-state index >= 15 is 0 Å². The van der Waals surface area contributed by atoms with Crippen molar-refractivity contribution in [1.82, 2.24) is 0 Å². The average Bonchev–Trinajstić information content (AvgIpc) is 2.42. The number of nitrogens with two attached hydrogens (primary N) is 1. The van der Waals surface area contributed by atoms with Gasteiger partial charge in [0, 0.05) is 5.69 Å². The maximum atomic E-state index is 12.8. The Labute approximate surface area is 110 Å².